The van der Waals surface area contributed by atoms with E-state index in [1.54, 1.807) is 24.3 Å². The molecule has 2 saturated heterocycles. The molecule has 0 aliphatic carbocycles. The van der Waals surface area contributed by atoms with E-state index >= 15 is 0 Å². The summed E-state index contributed by atoms with van der Waals surface area (Å²) in [5.74, 6) is -0.589. The van der Waals surface area contributed by atoms with Gasteiger partial charge >= 0.3 is 12.1 Å². The van der Waals surface area contributed by atoms with E-state index in [0.717, 1.165) is 34.2 Å². The summed E-state index contributed by atoms with van der Waals surface area (Å²) in [6, 6.07) is 57.8. The van der Waals surface area contributed by atoms with Gasteiger partial charge in [0, 0.05) is 13.2 Å². The van der Waals surface area contributed by atoms with Crippen LogP contribution >= 0.6 is 0 Å². The lowest BCUT2D eigenvalue weighted by Gasteiger charge is -2.49. The normalized spacial score (nSPS) is 23.8. The molecule has 13 nitrogen and oxygen atoms in total. The van der Waals surface area contributed by atoms with Gasteiger partial charge in [-0.2, -0.15) is 0 Å². The third-order valence-corrected chi connectivity index (χ3v) is 12.7. The van der Waals surface area contributed by atoms with Crippen LogP contribution in [0.5, 0.6) is 0 Å². The van der Waals surface area contributed by atoms with Crippen molar-refractivity contribution in [3.63, 3.8) is 0 Å². The van der Waals surface area contributed by atoms with Crippen LogP contribution in [0.4, 0.5) is 4.79 Å². The van der Waals surface area contributed by atoms with Crippen LogP contribution in [0.2, 0.25) is 0 Å². The number of amides is 1. The molecule has 0 radical (unpaired) electrons. The summed E-state index contributed by atoms with van der Waals surface area (Å²) in [6.45, 7) is 5.72. The Morgan fingerprint density at radius 2 is 0.822 bits per heavy atom. The van der Waals surface area contributed by atoms with E-state index in [-0.39, 0.29) is 33.0 Å². The fourth-order valence-electron chi connectivity index (χ4n) is 8.85. The average Bonchev–Trinajstić information content (AvgIpc) is 3.43. The van der Waals surface area contributed by atoms with Crippen molar-refractivity contribution in [2.24, 2.45) is 0 Å². The SMILES string of the molecule is C[C@@H]1O[C@@H](O[C@H]2[C@H](OCCCCCNC(=O)OCc3ccccc3)O[C@@H](C)[C@H](OCc3ccccc3)[C@H]2OCc2ccccc2)[C@H](OC(=O)c2ccccc2)[C@H](OCc2ccccc2)[C@H]1OCc1ccccc1. The summed E-state index contributed by atoms with van der Waals surface area (Å²) >= 11 is 0. The van der Waals surface area contributed by atoms with Gasteiger partial charge in [-0.15, -0.1) is 0 Å². The molecule has 13 heteroatoms. The Kier molecular flexibility index (Phi) is 20.5. The molecule has 0 unspecified atom stereocenters. The number of nitrogens with one attached hydrogen (secondary N) is 1. The van der Waals surface area contributed by atoms with Crippen LogP contribution in [-0.4, -0.2) is 86.6 Å². The zero-order valence-electron chi connectivity index (χ0n) is 41.6. The first-order chi connectivity index (χ1) is 35.9. The van der Waals surface area contributed by atoms with Gasteiger partial charge in [-0.3, -0.25) is 0 Å². The van der Waals surface area contributed by atoms with Crippen LogP contribution < -0.4 is 5.32 Å². The maximum absolute atomic E-state index is 14.3. The monoisotopic (exact) mass is 993 g/mol. The fourth-order valence-corrected chi connectivity index (χ4v) is 8.85. The number of hydrogen-bond acceptors (Lipinski definition) is 12. The first-order valence-electron chi connectivity index (χ1n) is 25.3. The Balaban J connectivity index is 1.06. The van der Waals surface area contributed by atoms with Crippen LogP contribution in [0, 0.1) is 0 Å². The number of carbonyl (C=O) groups is 2. The van der Waals surface area contributed by atoms with Crippen molar-refractivity contribution in [1.29, 1.82) is 0 Å². The van der Waals surface area contributed by atoms with Crippen molar-refractivity contribution in [2.75, 3.05) is 13.2 Å². The molecule has 73 heavy (non-hydrogen) atoms. The summed E-state index contributed by atoms with van der Waals surface area (Å²) < 4.78 is 66.6. The molecule has 1 amide bonds. The van der Waals surface area contributed by atoms with Gasteiger partial charge in [-0.25, -0.2) is 9.59 Å². The Morgan fingerprint density at radius 3 is 1.29 bits per heavy atom. The number of ether oxygens (including phenoxy) is 10. The summed E-state index contributed by atoms with van der Waals surface area (Å²) in [4.78, 5) is 26.7. The average molecular weight is 994 g/mol. The Labute approximate surface area is 428 Å². The van der Waals surface area contributed by atoms with Crippen LogP contribution in [0.25, 0.3) is 0 Å². The predicted octanol–water partition coefficient (Wildman–Crippen LogP) is 10.5. The molecule has 6 aromatic rings. The third-order valence-electron chi connectivity index (χ3n) is 12.7. The topological polar surface area (TPSA) is 138 Å². The molecule has 2 heterocycles. The van der Waals surface area contributed by atoms with Crippen molar-refractivity contribution < 1.29 is 57.0 Å². The lowest BCUT2D eigenvalue weighted by molar-refractivity contribution is -0.372. The van der Waals surface area contributed by atoms with Gasteiger partial charge in [0.25, 0.3) is 0 Å². The molecule has 6 aromatic carbocycles. The second-order valence-corrected chi connectivity index (χ2v) is 18.2. The standard InChI is InChI=1S/C60H67NO12/c1-43-51(65-38-45-24-10-3-11-25-45)53(67-40-47-28-14-5-15-29-47)55(58(70-43)64-37-23-9-22-36-61-60(63)69-42-49-32-18-7-19-33-49)73-59-56(72-57(62)50-34-20-8-21-35-50)54(68-41-48-30-16-6-17-31-48)52(44(2)71-59)66-39-46-26-12-4-13-27-46/h3-8,10-21,24-35,43-44,51-56,58-59H,9,22-23,36-42H2,1-2H3,(H,61,63)/t43-,44-,51-,52-,53+,54+,55+,56+,58+,59-/m0/s1. The highest BCUT2D eigenvalue weighted by Gasteiger charge is 2.54. The van der Waals surface area contributed by atoms with Crippen LogP contribution in [-0.2, 0) is 80.4 Å². The first-order valence-corrected chi connectivity index (χ1v) is 25.3. The van der Waals surface area contributed by atoms with Gasteiger partial charge in [-0.1, -0.05) is 170 Å². The van der Waals surface area contributed by atoms with Gasteiger partial charge in [0.2, 0.25) is 0 Å². The molecular formula is C60H67NO12. The minimum Gasteiger partial charge on any atom is -0.450 e. The quantitative estimate of drug-likeness (QED) is 0.0432. The molecule has 0 spiro atoms. The summed E-state index contributed by atoms with van der Waals surface area (Å²) in [7, 11) is 0. The summed E-state index contributed by atoms with van der Waals surface area (Å²) in [5.41, 5.74) is 5.06. The molecule has 2 aliphatic heterocycles. The van der Waals surface area contributed by atoms with Crippen molar-refractivity contribution in [2.45, 2.75) is 128 Å². The van der Waals surface area contributed by atoms with Crippen LogP contribution in [0.15, 0.2) is 182 Å². The predicted molar refractivity (Wildman–Crippen MR) is 274 cm³/mol. The molecule has 8 rings (SSSR count). The van der Waals surface area contributed by atoms with Gasteiger partial charge in [0.15, 0.2) is 18.7 Å². The van der Waals surface area contributed by atoms with Crippen molar-refractivity contribution in [3.05, 3.63) is 215 Å². The first kappa shape index (κ1) is 53.0. The van der Waals surface area contributed by atoms with Crippen LogP contribution in [0.3, 0.4) is 0 Å². The largest absolute Gasteiger partial charge is 0.450 e. The summed E-state index contributed by atoms with van der Waals surface area (Å²) in [6.07, 6.45) is -6.94. The molecule has 1 N–H and O–H groups in total. The Morgan fingerprint density at radius 1 is 0.425 bits per heavy atom. The number of rotatable bonds is 25. The molecular weight excluding hydrogens is 927 g/mol. The van der Waals surface area contributed by atoms with E-state index in [0.29, 0.717) is 31.6 Å². The van der Waals surface area contributed by atoms with Crippen LogP contribution in [0.1, 0.15) is 71.3 Å². The van der Waals surface area contributed by atoms with E-state index in [1.807, 2.05) is 172 Å². The highest BCUT2D eigenvalue weighted by Crippen LogP contribution is 2.36. The number of esters is 1. The van der Waals surface area contributed by atoms with E-state index in [4.69, 9.17) is 47.4 Å². The van der Waals surface area contributed by atoms with Gasteiger partial charge in [0.1, 0.15) is 37.1 Å². The van der Waals surface area contributed by atoms with E-state index in [9.17, 15) is 9.59 Å². The molecule has 10 atom stereocenters. The van der Waals surface area contributed by atoms with Crippen molar-refractivity contribution in [3.8, 4) is 0 Å². The highest BCUT2D eigenvalue weighted by molar-refractivity contribution is 5.89. The minimum absolute atomic E-state index is 0.188. The highest BCUT2D eigenvalue weighted by atomic mass is 16.8. The summed E-state index contributed by atoms with van der Waals surface area (Å²) in [5, 5.41) is 2.84. The smallest absolute Gasteiger partial charge is 0.407 e. The maximum Gasteiger partial charge on any atom is 0.407 e. The number of carbonyl (C=O) groups excluding carboxylic acids is 2. The second kappa shape index (κ2) is 28.3. The number of alkyl carbamates (subject to hydrolysis) is 1. The van der Waals surface area contributed by atoms with E-state index < -0.39 is 73.5 Å². The van der Waals surface area contributed by atoms with E-state index in [1.165, 1.54) is 0 Å². The van der Waals surface area contributed by atoms with Gasteiger partial charge in [-0.05, 0) is 73.1 Å². The second-order valence-electron chi connectivity index (χ2n) is 18.2. The number of benzene rings is 6. The lowest BCUT2D eigenvalue weighted by atomic mass is 9.96. The number of hydrogen-bond donors (Lipinski definition) is 1. The number of unbranched alkanes of at least 4 members (excludes halogenated alkanes) is 2. The maximum atomic E-state index is 14.3. The third kappa shape index (κ3) is 16.1. The fraction of sp³-hybridized carbons (Fsp3) is 0.367. The zero-order chi connectivity index (χ0) is 50.5. The molecule has 0 saturated carbocycles. The van der Waals surface area contributed by atoms with Crippen molar-refractivity contribution >= 4 is 12.1 Å². The molecule has 2 fully saturated rings. The van der Waals surface area contributed by atoms with Crippen molar-refractivity contribution in [1.82, 2.24) is 5.32 Å². The molecule has 2 aliphatic rings. The lowest BCUT2D eigenvalue weighted by Crippen LogP contribution is -2.65. The van der Waals surface area contributed by atoms with Gasteiger partial charge in [0.05, 0.1) is 44.2 Å². The minimum atomic E-state index is -1.24. The molecule has 0 bridgehead atoms. The van der Waals surface area contributed by atoms with Gasteiger partial charge < -0.3 is 52.7 Å². The molecule has 0 aromatic heterocycles. The molecule has 384 valence electrons. The Hall–Kier alpha value is -6.26. The van der Waals surface area contributed by atoms with E-state index in [2.05, 4.69) is 5.32 Å². The Bertz CT molecular complexity index is 2490. The zero-order valence-corrected chi connectivity index (χ0v) is 41.6.